The normalized spacial score (nSPS) is 13.8. The van der Waals surface area contributed by atoms with Crippen LogP contribution in [0.1, 0.15) is 39.4 Å². The van der Waals surface area contributed by atoms with Gasteiger partial charge in [-0.25, -0.2) is 9.97 Å². The lowest BCUT2D eigenvalue weighted by molar-refractivity contribution is 0.672. The minimum absolute atomic E-state index is 0.202. The standard InChI is InChI=1S/C14H26N4OS/c1-5-8-15-13-10-14(18-12(6-2)17-13)16-9-7-11(3)20(4)19/h10-11H,5-9H2,1-4H3,(H2,15,16,17,18). The summed E-state index contributed by atoms with van der Waals surface area (Å²) in [7, 11) is -0.768. The molecule has 1 heterocycles. The minimum atomic E-state index is -0.768. The average Bonchev–Trinajstić information content (AvgIpc) is 2.44. The number of hydrogen-bond donors (Lipinski definition) is 2. The fraction of sp³-hybridized carbons (Fsp3) is 0.714. The van der Waals surface area contributed by atoms with Gasteiger partial charge in [0.2, 0.25) is 0 Å². The molecular weight excluding hydrogens is 272 g/mol. The van der Waals surface area contributed by atoms with E-state index in [1.165, 1.54) is 0 Å². The maximum absolute atomic E-state index is 11.3. The molecule has 0 radical (unpaired) electrons. The lowest BCUT2D eigenvalue weighted by Crippen LogP contribution is -2.16. The van der Waals surface area contributed by atoms with Gasteiger partial charge in [-0.3, -0.25) is 4.21 Å². The van der Waals surface area contributed by atoms with Crippen LogP contribution in [-0.2, 0) is 17.2 Å². The van der Waals surface area contributed by atoms with E-state index in [9.17, 15) is 4.21 Å². The number of nitrogens with one attached hydrogen (secondary N) is 2. The maximum atomic E-state index is 11.3. The Labute approximate surface area is 124 Å². The summed E-state index contributed by atoms with van der Waals surface area (Å²) in [5.41, 5.74) is 0. The molecule has 0 spiro atoms. The Morgan fingerprint density at radius 3 is 2.30 bits per heavy atom. The van der Waals surface area contributed by atoms with Gasteiger partial charge in [0.05, 0.1) is 0 Å². The van der Waals surface area contributed by atoms with Crippen molar-refractivity contribution in [1.29, 1.82) is 0 Å². The Kier molecular flexibility index (Phi) is 7.51. The molecule has 2 N–H and O–H groups in total. The first kappa shape index (κ1) is 16.9. The predicted octanol–water partition coefficient (Wildman–Crippen LogP) is 2.43. The quantitative estimate of drug-likeness (QED) is 0.733. The number of hydrogen-bond acceptors (Lipinski definition) is 5. The summed E-state index contributed by atoms with van der Waals surface area (Å²) >= 11 is 0. The Hall–Kier alpha value is -1.17. The molecule has 0 aliphatic rings. The molecule has 0 aromatic carbocycles. The molecule has 0 aliphatic heterocycles. The van der Waals surface area contributed by atoms with E-state index in [0.717, 1.165) is 49.8 Å². The molecule has 0 aliphatic carbocycles. The van der Waals surface area contributed by atoms with Crippen molar-refractivity contribution < 1.29 is 4.21 Å². The largest absolute Gasteiger partial charge is 0.370 e. The molecule has 0 fully saturated rings. The number of aryl methyl sites for hydroxylation is 1. The second-order valence-electron chi connectivity index (χ2n) is 4.86. The molecule has 20 heavy (non-hydrogen) atoms. The smallest absolute Gasteiger partial charge is 0.132 e. The van der Waals surface area contributed by atoms with Gasteiger partial charge < -0.3 is 10.6 Å². The molecule has 0 saturated carbocycles. The van der Waals surface area contributed by atoms with E-state index in [0.29, 0.717) is 0 Å². The van der Waals surface area contributed by atoms with Crippen LogP contribution in [-0.4, -0.2) is 38.8 Å². The zero-order valence-corrected chi connectivity index (χ0v) is 13.7. The van der Waals surface area contributed by atoms with E-state index in [4.69, 9.17) is 0 Å². The summed E-state index contributed by atoms with van der Waals surface area (Å²) < 4.78 is 11.3. The highest BCUT2D eigenvalue weighted by atomic mass is 32.2. The van der Waals surface area contributed by atoms with Gasteiger partial charge in [-0.15, -0.1) is 0 Å². The van der Waals surface area contributed by atoms with Gasteiger partial charge in [-0.2, -0.15) is 0 Å². The average molecular weight is 298 g/mol. The van der Waals surface area contributed by atoms with Gasteiger partial charge in [0, 0.05) is 47.9 Å². The van der Waals surface area contributed by atoms with Crippen molar-refractivity contribution >= 4 is 22.4 Å². The lowest BCUT2D eigenvalue weighted by Gasteiger charge is -2.12. The van der Waals surface area contributed by atoms with Gasteiger partial charge in [-0.1, -0.05) is 20.8 Å². The third-order valence-corrected chi connectivity index (χ3v) is 4.44. The van der Waals surface area contributed by atoms with Crippen molar-refractivity contribution in [2.75, 3.05) is 30.0 Å². The zero-order valence-electron chi connectivity index (χ0n) is 12.9. The molecule has 0 bridgehead atoms. The number of aromatic nitrogens is 2. The highest BCUT2D eigenvalue weighted by Gasteiger charge is 2.07. The van der Waals surface area contributed by atoms with Crippen molar-refractivity contribution in [3.63, 3.8) is 0 Å². The van der Waals surface area contributed by atoms with Gasteiger partial charge >= 0.3 is 0 Å². The molecule has 5 nitrogen and oxygen atoms in total. The molecule has 6 heteroatoms. The van der Waals surface area contributed by atoms with Crippen molar-refractivity contribution in [3.05, 3.63) is 11.9 Å². The summed E-state index contributed by atoms with van der Waals surface area (Å²) in [4.78, 5) is 8.91. The summed E-state index contributed by atoms with van der Waals surface area (Å²) in [6, 6.07) is 1.93. The van der Waals surface area contributed by atoms with E-state index in [1.807, 2.05) is 19.9 Å². The molecular formula is C14H26N4OS. The fourth-order valence-electron chi connectivity index (χ4n) is 1.66. The van der Waals surface area contributed by atoms with Crippen molar-refractivity contribution in [2.24, 2.45) is 0 Å². The highest BCUT2D eigenvalue weighted by Crippen LogP contribution is 2.12. The van der Waals surface area contributed by atoms with E-state index in [1.54, 1.807) is 6.26 Å². The summed E-state index contributed by atoms with van der Waals surface area (Å²) in [5.74, 6) is 2.54. The first-order valence-corrected chi connectivity index (χ1v) is 8.86. The molecule has 0 saturated heterocycles. The van der Waals surface area contributed by atoms with Crippen LogP contribution in [0.15, 0.2) is 6.07 Å². The monoisotopic (exact) mass is 298 g/mol. The van der Waals surface area contributed by atoms with E-state index < -0.39 is 10.8 Å². The highest BCUT2D eigenvalue weighted by molar-refractivity contribution is 7.84. The van der Waals surface area contributed by atoms with Gasteiger partial charge in [-0.05, 0) is 12.8 Å². The lowest BCUT2D eigenvalue weighted by atomic mass is 10.3. The van der Waals surface area contributed by atoms with Crippen LogP contribution in [0.25, 0.3) is 0 Å². The summed E-state index contributed by atoms with van der Waals surface area (Å²) in [6.45, 7) is 7.86. The Morgan fingerprint density at radius 1 is 1.20 bits per heavy atom. The minimum Gasteiger partial charge on any atom is -0.370 e. The Morgan fingerprint density at radius 2 is 1.80 bits per heavy atom. The molecule has 1 aromatic heterocycles. The third-order valence-electron chi connectivity index (χ3n) is 3.07. The van der Waals surface area contributed by atoms with E-state index in [2.05, 4.69) is 27.5 Å². The van der Waals surface area contributed by atoms with Crippen LogP contribution in [0.4, 0.5) is 11.6 Å². The third kappa shape index (κ3) is 5.86. The van der Waals surface area contributed by atoms with Crippen LogP contribution in [0.3, 0.4) is 0 Å². The second-order valence-corrected chi connectivity index (χ2v) is 6.66. The van der Waals surface area contributed by atoms with E-state index in [-0.39, 0.29) is 5.25 Å². The van der Waals surface area contributed by atoms with Crippen LogP contribution < -0.4 is 10.6 Å². The molecule has 2 atom stereocenters. The SMILES string of the molecule is CCCNc1cc(NCCC(C)S(C)=O)nc(CC)n1. The summed E-state index contributed by atoms with van der Waals surface area (Å²) in [5, 5.41) is 6.79. The molecule has 2 unspecified atom stereocenters. The van der Waals surface area contributed by atoms with Crippen molar-refractivity contribution in [1.82, 2.24) is 9.97 Å². The topological polar surface area (TPSA) is 66.9 Å². The number of anilines is 2. The van der Waals surface area contributed by atoms with Gasteiger partial charge in [0.25, 0.3) is 0 Å². The predicted molar refractivity (Wildman–Crippen MR) is 86.8 cm³/mol. The van der Waals surface area contributed by atoms with Crippen molar-refractivity contribution in [3.8, 4) is 0 Å². The molecule has 114 valence electrons. The van der Waals surface area contributed by atoms with Crippen molar-refractivity contribution in [2.45, 2.75) is 45.3 Å². The Bertz CT molecular complexity index is 439. The second kappa shape index (κ2) is 8.89. The molecule has 1 rings (SSSR count). The van der Waals surface area contributed by atoms with Gasteiger partial charge in [0.15, 0.2) is 0 Å². The number of nitrogens with zero attached hydrogens (tertiary/aromatic N) is 2. The molecule has 0 amide bonds. The maximum Gasteiger partial charge on any atom is 0.132 e. The van der Waals surface area contributed by atoms with Crippen LogP contribution >= 0.6 is 0 Å². The number of rotatable bonds is 9. The van der Waals surface area contributed by atoms with Crippen LogP contribution in [0.5, 0.6) is 0 Å². The van der Waals surface area contributed by atoms with Crippen LogP contribution in [0.2, 0.25) is 0 Å². The van der Waals surface area contributed by atoms with Gasteiger partial charge in [0.1, 0.15) is 17.5 Å². The first-order chi connectivity index (χ1) is 9.56. The van der Waals surface area contributed by atoms with E-state index >= 15 is 0 Å². The molecule has 1 aromatic rings. The van der Waals surface area contributed by atoms with Crippen LogP contribution in [0, 0.1) is 0 Å². The Balaban J connectivity index is 2.61. The first-order valence-electron chi connectivity index (χ1n) is 7.24. The zero-order chi connectivity index (χ0) is 15.0. The summed E-state index contributed by atoms with van der Waals surface area (Å²) in [6.07, 6.45) is 4.49. The fourth-order valence-corrected chi connectivity index (χ4v) is 2.11.